The summed E-state index contributed by atoms with van der Waals surface area (Å²) in [4.78, 5) is 2.07. The van der Waals surface area contributed by atoms with Gasteiger partial charge in [-0.1, -0.05) is 6.07 Å². The molecule has 0 radical (unpaired) electrons. The number of likely N-dealkylation sites (tertiary alicyclic amines) is 1. The van der Waals surface area contributed by atoms with Crippen molar-refractivity contribution in [3.8, 4) is 0 Å². The van der Waals surface area contributed by atoms with Gasteiger partial charge in [0.25, 0.3) is 0 Å². The van der Waals surface area contributed by atoms with Crippen LogP contribution in [0.3, 0.4) is 0 Å². The fraction of sp³-hybridized carbons (Fsp3) is 0.455. The molecule has 2 atom stereocenters. The van der Waals surface area contributed by atoms with E-state index in [2.05, 4.69) is 4.90 Å². The number of halogens is 2. The van der Waals surface area contributed by atoms with E-state index in [1.807, 2.05) is 7.05 Å². The number of hydrogen-bond acceptors (Lipinski definition) is 2. The van der Waals surface area contributed by atoms with Gasteiger partial charge in [0.2, 0.25) is 0 Å². The lowest BCUT2D eigenvalue weighted by molar-refractivity contribution is 0.303. The van der Waals surface area contributed by atoms with Crippen molar-refractivity contribution < 1.29 is 8.78 Å². The molecule has 1 aromatic carbocycles. The second-order valence-electron chi connectivity index (χ2n) is 4.05. The Balaban J connectivity index is 2.32. The molecule has 0 spiro atoms. The molecule has 82 valence electrons. The summed E-state index contributed by atoms with van der Waals surface area (Å²) in [5.41, 5.74) is 6.68. The summed E-state index contributed by atoms with van der Waals surface area (Å²) in [6.07, 6.45) is 0.889. The Kier molecular flexibility index (Phi) is 2.71. The van der Waals surface area contributed by atoms with Crippen LogP contribution in [0.25, 0.3) is 0 Å². The molecule has 0 bridgehead atoms. The molecule has 1 aliphatic heterocycles. The van der Waals surface area contributed by atoms with E-state index in [0.717, 1.165) is 24.6 Å². The van der Waals surface area contributed by atoms with Gasteiger partial charge >= 0.3 is 0 Å². The van der Waals surface area contributed by atoms with Gasteiger partial charge in [-0.25, -0.2) is 8.78 Å². The van der Waals surface area contributed by atoms with Gasteiger partial charge in [0.1, 0.15) is 0 Å². The Hall–Kier alpha value is -1.00. The highest BCUT2D eigenvalue weighted by Gasteiger charge is 2.30. The third kappa shape index (κ3) is 1.87. The van der Waals surface area contributed by atoms with Crippen molar-refractivity contribution in [2.45, 2.75) is 18.5 Å². The zero-order valence-corrected chi connectivity index (χ0v) is 8.58. The third-order valence-electron chi connectivity index (χ3n) is 2.98. The molecule has 1 heterocycles. The predicted octanol–water partition coefficient (Wildman–Crippen LogP) is 1.67. The maximum atomic E-state index is 13.1. The molecule has 0 aliphatic carbocycles. The van der Waals surface area contributed by atoms with Gasteiger partial charge in [0.05, 0.1) is 0 Å². The van der Waals surface area contributed by atoms with Crippen LogP contribution in [0.4, 0.5) is 8.78 Å². The number of nitrogens with two attached hydrogens (primary N) is 1. The third-order valence-corrected chi connectivity index (χ3v) is 2.98. The van der Waals surface area contributed by atoms with Crippen molar-refractivity contribution >= 4 is 0 Å². The molecule has 0 amide bonds. The van der Waals surface area contributed by atoms with Gasteiger partial charge in [0.15, 0.2) is 11.6 Å². The molecule has 2 unspecified atom stereocenters. The van der Waals surface area contributed by atoms with Crippen LogP contribution in [-0.2, 0) is 0 Å². The first-order valence-electron chi connectivity index (χ1n) is 5.00. The monoisotopic (exact) mass is 212 g/mol. The minimum atomic E-state index is -0.812. The predicted molar refractivity (Wildman–Crippen MR) is 54.3 cm³/mol. The summed E-state index contributed by atoms with van der Waals surface area (Å²) in [6.45, 7) is 0.894. The van der Waals surface area contributed by atoms with E-state index >= 15 is 0 Å². The van der Waals surface area contributed by atoms with Gasteiger partial charge in [-0.3, -0.25) is 4.90 Å². The molecule has 1 fully saturated rings. The lowest BCUT2D eigenvalue weighted by atomic mass is 10.0. The second-order valence-corrected chi connectivity index (χ2v) is 4.05. The summed E-state index contributed by atoms with van der Waals surface area (Å²) >= 11 is 0. The molecule has 1 saturated heterocycles. The zero-order valence-electron chi connectivity index (χ0n) is 8.58. The van der Waals surface area contributed by atoms with Crippen molar-refractivity contribution in [1.29, 1.82) is 0 Å². The normalized spacial score (nSPS) is 27.2. The molecular weight excluding hydrogens is 198 g/mol. The summed E-state index contributed by atoms with van der Waals surface area (Å²) in [6, 6.07) is 4.00. The van der Waals surface area contributed by atoms with E-state index in [-0.39, 0.29) is 12.1 Å². The van der Waals surface area contributed by atoms with E-state index in [1.54, 1.807) is 6.07 Å². The van der Waals surface area contributed by atoms with Crippen molar-refractivity contribution in [3.05, 3.63) is 35.4 Å². The van der Waals surface area contributed by atoms with Crippen LogP contribution in [0.5, 0.6) is 0 Å². The maximum Gasteiger partial charge on any atom is 0.159 e. The highest BCUT2D eigenvalue weighted by molar-refractivity contribution is 5.23. The zero-order chi connectivity index (χ0) is 11.0. The maximum absolute atomic E-state index is 13.1. The first-order valence-corrected chi connectivity index (χ1v) is 5.00. The Labute approximate surface area is 87.7 Å². The first kappa shape index (κ1) is 10.5. The number of nitrogens with zero attached hydrogens (tertiary/aromatic N) is 1. The largest absolute Gasteiger partial charge is 0.326 e. The number of hydrogen-bond donors (Lipinski definition) is 1. The van der Waals surface area contributed by atoms with Crippen molar-refractivity contribution in [2.24, 2.45) is 5.73 Å². The van der Waals surface area contributed by atoms with Gasteiger partial charge in [-0.05, 0) is 31.2 Å². The highest BCUT2D eigenvalue weighted by atomic mass is 19.2. The number of rotatable bonds is 1. The average Bonchev–Trinajstić information content (AvgIpc) is 2.52. The molecule has 1 aromatic rings. The van der Waals surface area contributed by atoms with Crippen LogP contribution < -0.4 is 5.73 Å². The molecule has 1 aliphatic rings. The van der Waals surface area contributed by atoms with Gasteiger partial charge in [-0.2, -0.15) is 0 Å². The van der Waals surface area contributed by atoms with Crippen LogP contribution in [0.15, 0.2) is 18.2 Å². The van der Waals surface area contributed by atoms with Crippen LogP contribution in [0, 0.1) is 11.6 Å². The molecule has 15 heavy (non-hydrogen) atoms. The smallest absolute Gasteiger partial charge is 0.159 e. The fourth-order valence-electron chi connectivity index (χ4n) is 2.17. The lowest BCUT2D eigenvalue weighted by Gasteiger charge is -2.23. The van der Waals surface area contributed by atoms with Gasteiger partial charge < -0.3 is 5.73 Å². The fourth-order valence-corrected chi connectivity index (χ4v) is 2.17. The molecule has 4 heteroatoms. The molecule has 2 nitrogen and oxygen atoms in total. The van der Waals surface area contributed by atoms with Crippen LogP contribution in [0.2, 0.25) is 0 Å². The van der Waals surface area contributed by atoms with Crippen LogP contribution >= 0.6 is 0 Å². The standard InChI is InChI=1S/C11H14F2N2/c1-15-5-4-10(14)11(15)7-2-3-8(12)9(13)6-7/h2-3,6,10-11H,4-5,14H2,1H3. The quantitative estimate of drug-likeness (QED) is 0.767. The minimum Gasteiger partial charge on any atom is -0.326 e. The van der Waals surface area contributed by atoms with Crippen molar-refractivity contribution in [3.63, 3.8) is 0 Å². The average molecular weight is 212 g/mol. The Bertz CT molecular complexity index is 358. The molecule has 0 saturated carbocycles. The summed E-state index contributed by atoms with van der Waals surface area (Å²) in [7, 11) is 1.94. The van der Waals surface area contributed by atoms with Gasteiger partial charge in [-0.15, -0.1) is 0 Å². The van der Waals surface area contributed by atoms with Gasteiger partial charge in [0, 0.05) is 18.6 Å². The Morgan fingerprint density at radius 1 is 1.33 bits per heavy atom. The lowest BCUT2D eigenvalue weighted by Crippen LogP contribution is -2.29. The summed E-state index contributed by atoms with van der Waals surface area (Å²) in [5, 5.41) is 0. The molecular formula is C11H14F2N2. The number of benzene rings is 1. The van der Waals surface area contributed by atoms with E-state index < -0.39 is 11.6 Å². The van der Waals surface area contributed by atoms with Crippen molar-refractivity contribution in [2.75, 3.05) is 13.6 Å². The summed E-state index contributed by atoms with van der Waals surface area (Å²) in [5.74, 6) is -1.62. The highest BCUT2D eigenvalue weighted by Crippen LogP contribution is 2.30. The van der Waals surface area contributed by atoms with Crippen LogP contribution in [0.1, 0.15) is 18.0 Å². The van der Waals surface area contributed by atoms with E-state index in [4.69, 9.17) is 5.73 Å². The molecule has 0 aromatic heterocycles. The molecule has 2 rings (SSSR count). The second kappa shape index (κ2) is 3.87. The van der Waals surface area contributed by atoms with E-state index in [0.29, 0.717) is 0 Å². The Morgan fingerprint density at radius 3 is 2.60 bits per heavy atom. The number of likely N-dealkylation sites (N-methyl/N-ethyl adjacent to an activating group) is 1. The van der Waals surface area contributed by atoms with Crippen molar-refractivity contribution in [1.82, 2.24) is 4.90 Å². The minimum absolute atomic E-state index is 0.0000926. The van der Waals surface area contributed by atoms with E-state index in [1.165, 1.54) is 6.07 Å². The summed E-state index contributed by atoms with van der Waals surface area (Å²) < 4.78 is 25.8. The van der Waals surface area contributed by atoms with Crippen LogP contribution in [-0.4, -0.2) is 24.5 Å². The topological polar surface area (TPSA) is 29.3 Å². The van der Waals surface area contributed by atoms with E-state index in [9.17, 15) is 8.78 Å². The Morgan fingerprint density at radius 2 is 2.07 bits per heavy atom. The SMILES string of the molecule is CN1CCC(N)C1c1ccc(F)c(F)c1. The molecule has 2 N–H and O–H groups in total. The first-order chi connectivity index (χ1) is 7.09.